The van der Waals surface area contributed by atoms with Crippen LogP contribution in [0.2, 0.25) is 0 Å². The van der Waals surface area contributed by atoms with E-state index in [1.165, 1.54) is 18.0 Å². The third kappa shape index (κ3) is 4.26. The van der Waals surface area contributed by atoms with Crippen LogP contribution in [0.4, 0.5) is 8.78 Å². The molecule has 0 fully saturated rings. The molecular formula is C15H19F2N3O. The van der Waals surface area contributed by atoms with Crippen LogP contribution in [0.5, 0.6) is 5.75 Å². The van der Waals surface area contributed by atoms with Crippen LogP contribution in [0.25, 0.3) is 0 Å². The largest absolute Gasteiger partial charge is 0.486 e. The highest BCUT2D eigenvalue weighted by molar-refractivity contribution is 5.27. The van der Waals surface area contributed by atoms with Crippen LogP contribution in [0.1, 0.15) is 24.9 Å². The lowest BCUT2D eigenvalue weighted by Gasteiger charge is -2.11. The minimum atomic E-state index is -2.60. The second-order valence-electron chi connectivity index (χ2n) is 4.85. The van der Waals surface area contributed by atoms with Crippen molar-refractivity contribution in [3.63, 3.8) is 0 Å². The number of aromatic nitrogens is 2. The minimum absolute atomic E-state index is 0.0175. The Hall–Kier alpha value is -1.95. The van der Waals surface area contributed by atoms with Gasteiger partial charge in [0.2, 0.25) is 0 Å². The van der Waals surface area contributed by atoms with Gasteiger partial charge in [0, 0.05) is 18.4 Å². The summed E-state index contributed by atoms with van der Waals surface area (Å²) in [6, 6.07) is 8.03. The summed E-state index contributed by atoms with van der Waals surface area (Å²) in [6.07, 6.45) is 3.51. The fourth-order valence-corrected chi connectivity index (χ4v) is 1.96. The van der Waals surface area contributed by atoms with Crippen LogP contribution in [0.3, 0.4) is 0 Å². The molecule has 114 valence electrons. The highest BCUT2D eigenvalue weighted by Gasteiger charge is 2.11. The Morgan fingerprint density at radius 1 is 1.29 bits per heavy atom. The highest BCUT2D eigenvalue weighted by Crippen LogP contribution is 2.17. The molecule has 0 spiro atoms. The van der Waals surface area contributed by atoms with Crippen molar-refractivity contribution in [3.8, 4) is 5.75 Å². The van der Waals surface area contributed by atoms with Crippen LogP contribution in [-0.4, -0.2) is 22.6 Å². The van der Waals surface area contributed by atoms with E-state index >= 15 is 0 Å². The van der Waals surface area contributed by atoms with E-state index in [4.69, 9.17) is 4.74 Å². The van der Waals surface area contributed by atoms with Gasteiger partial charge in [-0.05, 0) is 38.1 Å². The Kier molecular flexibility index (Phi) is 5.27. The maximum atomic E-state index is 12.7. The van der Waals surface area contributed by atoms with Gasteiger partial charge in [0.1, 0.15) is 12.4 Å². The summed E-state index contributed by atoms with van der Waals surface area (Å²) < 4.78 is 31.6. The second kappa shape index (κ2) is 7.17. The number of alkyl halides is 2. The van der Waals surface area contributed by atoms with Crippen molar-refractivity contribution >= 4 is 0 Å². The van der Waals surface area contributed by atoms with E-state index in [1.54, 1.807) is 0 Å². The fraction of sp³-hybridized carbons (Fsp3) is 0.400. The van der Waals surface area contributed by atoms with Gasteiger partial charge in [0.25, 0.3) is 0 Å². The van der Waals surface area contributed by atoms with E-state index in [2.05, 4.69) is 17.2 Å². The molecule has 21 heavy (non-hydrogen) atoms. The number of halogens is 2. The molecule has 0 aliphatic heterocycles. The maximum Gasteiger partial charge on any atom is 0.320 e. The van der Waals surface area contributed by atoms with E-state index < -0.39 is 6.55 Å². The SMILES string of the molecule is CNC(C)Cc1ccc(OCc2nccn2C(F)F)cc1. The summed E-state index contributed by atoms with van der Waals surface area (Å²) in [5.74, 6) is 0.845. The number of hydrogen-bond acceptors (Lipinski definition) is 3. The third-order valence-electron chi connectivity index (χ3n) is 3.29. The number of imidazole rings is 1. The van der Waals surface area contributed by atoms with E-state index in [9.17, 15) is 8.78 Å². The minimum Gasteiger partial charge on any atom is -0.486 e. The van der Waals surface area contributed by atoms with Gasteiger partial charge in [-0.25, -0.2) is 4.98 Å². The molecule has 0 saturated carbocycles. The molecule has 2 aromatic rings. The average Bonchev–Trinajstić information content (AvgIpc) is 2.95. The lowest BCUT2D eigenvalue weighted by Crippen LogP contribution is -2.23. The summed E-state index contributed by atoms with van der Waals surface area (Å²) >= 11 is 0. The smallest absolute Gasteiger partial charge is 0.320 e. The molecule has 1 heterocycles. The number of hydrogen-bond donors (Lipinski definition) is 1. The predicted molar refractivity (Wildman–Crippen MR) is 76.5 cm³/mol. The van der Waals surface area contributed by atoms with Crippen LogP contribution in [0.15, 0.2) is 36.7 Å². The van der Waals surface area contributed by atoms with Crippen molar-refractivity contribution in [3.05, 3.63) is 48.0 Å². The zero-order chi connectivity index (χ0) is 15.2. The highest BCUT2D eigenvalue weighted by atomic mass is 19.3. The molecule has 0 radical (unpaired) electrons. The Balaban J connectivity index is 1.93. The van der Waals surface area contributed by atoms with Crippen molar-refractivity contribution in [2.24, 2.45) is 0 Å². The van der Waals surface area contributed by atoms with Crippen LogP contribution in [-0.2, 0) is 13.0 Å². The van der Waals surface area contributed by atoms with Crippen LogP contribution >= 0.6 is 0 Å². The predicted octanol–water partition coefficient (Wildman–Crippen LogP) is 3.01. The first-order valence-corrected chi connectivity index (χ1v) is 6.79. The van der Waals surface area contributed by atoms with E-state index in [-0.39, 0.29) is 12.4 Å². The number of nitrogens with one attached hydrogen (secondary N) is 1. The quantitative estimate of drug-likeness (QED) is 0.853. The normalized spacial score (nSPS) is 12.6. The van der Waals surface area contributed by atoms with Gasteiger partial charge in [-0.2, -0.15) is 8.78 Å². The van der Waals surface area contributed by atoms with Crippen molar-refractivity contribution in [1.29, 1.82) is 0 Å². The summed E-state index contributed by atoms with van der Waals surface area (Å²) in [4.78, 5) is 3.87. The van der Waals surface area contributed by atoms with Crippen molar-refractivity contribution in [1.82, 2.24) is 14.9 Å². The monoisotopic (exact) mass is 295 g/mol. The molecular weight excluding hydrogens is 276 g/mol. The lowest BCUT2D eigenvalue weighted by atomic mass is 10.1. The Bertz CT molecular complexity index is 554. The standard InChI is InChI=1S/C15H19F2N3O/c1-11(18-2)9-12-3-5-13(6-4-12)21-10-14-19-7-8-20(14)15(16)17/h3-8,11,15,18H,9-10H2,1-2H3. The molecule has 0 amide bonds. The first-order valence-electron chi connectivity index (χ1n) is 6.79. The molecule has 0 saturated heterocycles. The zero-order valence-corrected chi connectivity index (χ0v) is 12.1. The number of ether oxygens (including phenoxy) is 1. The van der Waals surface area contributed by atoms with Gasteiger partial charge in [-0.15, -0.1) is 0 Å². The molecule has 1 atom stereocenters. The van der Waals surface area contributed by atoms with Gasteiger partial charge in [0.15, 0.2) is 5.82 Å². The number of likely N-dealkylation sites (N-methyl/N-ethyl adjacent to an activating group) is 1. The maximum absolute atomic E-state index is 12.7. The van der Waals surface area contributed by atoms with Gasteiger partial charge in [-0.1, -0.05) is 12.1 Å². The summed E-state index contributed by atoms with van der Waals surface area (Å²) in [5, 5.41) is 3.18. The van der Waals surface area contributed by atoms with Gasteiger partial charge in [0.05, 0.1) is 0 Å². The molecule has 1 unspecified atom stereocenters. The van der Waals surface area contributed by atoms with Crippen molar-refractivity contribution < 1.29 is 13.5 Å². The van der Waals surface area contributed by atoms with E-state index in [0.717, 1.165) is 11.0 Å². The molecule has 1 aromatic carbocycles. The van der Waals surface area contributed by atoms with Gasteiger partial charge in [-0.3, -0.25) is 4.57 Å². The topological polar surface area (TPSA) is 39.1 Å². The molecule has 2 rings (SSSR count). The average molecular weight is 295 g/mol. The molecule has 0 bridgehead atoms. The Morgan fingerprint density at radius 2 is 2.00 bits per heavy atom. The summed E-state index contributed by atoms with van der Waals surface area (Å²) in [7, 11) is 1.92. The van der Waals surface area contributed by atoms with E-state index in [1.807, 2.05) is 31.3 Å². The molecule has 0 aliphatic rings. The van der Waals surface area contributed by atoms with Crippen LogP contribution in [0, 0.1) is 0 Å². The molecule has 4 nitrogen and oxygen atoms in total. The molecule has 6 heteroatoms. The van der Waals surface area contributed by atoms with Crippen molar-refractivity contribution in [2.75, 3.05) is 7.05 Å². The molecule has 1 N–H and O–H groups in total. The van der Waals surface area contributed by atoms with Gasteiger partial charge < -0.3 is 10.1 Å². The van der Waals surface area contributed by atoms with Gasteiger partial charge >= 0.3 is 6.55 Å². The zero-order valence-electron chi connectivity index (χ0n) is 12.1. The van der Waals surface area contributed by atoms with E-state index in [0.29, 0.717) is 11.8 Å². The fourth-order valence-electron chi connectivity index (χ4n) is 1.96. The molecule has 0 aliphatic carbocycles. The van der Waals surface area contributed by atoms with Crippen molar-refractivity contribution in [2.45, 2.75) is 32.5 Å². The number of nitrogens with zero attached hydrogens (tertiary/aromatic N) is 2. The first kappa shape index (κ1) is 15.4. The number of benzene rings is 1. The number of rotatable bonds is 7. The van der Waals surface area contributed by atoms with Crippen LogP contribution < -0.4 is 10.1 Å². The summed E-state index contributed by atoms with van der Waals surface area (Å²) in [5.41, 5.74) is 1.19. The Morgan fingerprint density at radius 3 is 2.62 bits per heavy atom. The second-order valence-corrected chi connectivity index (χ2v) is 4.85. The molecule has 1 aromatic heterocycles. The Labute approximate surface area is 122 Å². The first-order chi connectivity index (χ1) is 10.1. The third-order valence-corrected chi connectivity index (χ3v) is 3.29. The lowest BCUT2D eigenvalue weighted by molar-refractivity contribution is 0.0632. The summed E-state index contributed by atoms with van der Waals surface area (Å²) in [6.45, 7) is -0.477.